The van der Waals surface area contributed by atoms with Gasteiger partial charge in [0.15, 0.2) is 5.13 Å². The molecule has 1 aliphatic heterocycles. The Labute approximate surface area is 103 Å². The van der Waals surface area contributed by atoms with Gasteiger partial charge < -0.3 is 5.73 Å². The van der Waals surface area contributed by atoms with Gasteiger partial charge in [-0.15, -0.1) is 11.3 Å². The quantitative estimate of drug-likeness (QED) is 0.888. The number of nitrogens with zero attached hydrogens (tertiary/aromatic N) is 2. The van der Waals surface area contributed by atoms with E-state index in [-0.39, 0.29) is 5.82 Å². The highest BCUT2D eigenvalue weighted by atomic mass is 32.1. The lowest BCUT2D eigenvalue weighted by atomic mass is 10.2. The van der Waals surface area contributed by atoms with Crippen LogP contribution in [0, 0.1) is 5.82 Å². The summed E-state index contributed by atoms with van der Waals surface area (Å²) in [6.07, 6.45) is 0. The second kappa shape index (κ2) is 4.09. The second-order valence-electron chi connectivity index (χ2n) is 4.20. The Morgan fingerprint density at radius 3 is 3.06 bits per heavy atom. The van der Waals surface area contributed by atoms with Crippen molar-refractivity contribution in [2.24, 2.45) is 0 Å². The summed E-state index contributed by atoms with van der Waals surface area (Å²) in [5, 5.41) is 0.639. The van der Waals surface area contributed by atoms with E-state index >= 15 is 0 Å². The number of hydrogen-bond donors (Lipinski definition) is 1. The minimum absolute atomic E-state index is 0.182. The van der Waals surface area contributed by atoms with Crippen molar-refractivity contribution in [3.8, 4) is 0 Å². The van der Waals surface area contributed by atoms with Crippen molar-refractivity contribution < 1.29 is 4.39 Å². The second-order valence-corrected chi connectivity index (χ2v) is 5.31. The molecule has 0 saturated heterocycles. The molecular weight excluding hydrogens is 237 g/mol. The van der Waals surface area contributed by atoms with E-state index in [2.05, 4.69) is 9.88 Å². The molecule has 1 aromatic carbocycles. The predicted molar refractivity (Wildman–Crippen MR) is 65.9 cm³/mol. The number of thiazole rings is 1. The standard InChI is InChI=1S/C12H12FN3S/c13-9-3-1-2-8(4-9)5-16-6-10-11(7-16)17-12(14)15-10/h1-4H,5-7H2,(H2,14,15). The van der Waals surface area contributed by atoms with Crippen LogP contribution in [0.1, 0.15) is 16.1 Å². The van der Waals surface area contributed by atoms with Crippen LogP contribution < -0.4 is 5.73 Å². The zero-order chi connectivity index (χ0) is 11.8. The van der Waals surface area contributed by atoms with Crippen LogP contribution >= 0.6 is 11.3 Å². The normalized spacial score (nSPS) is 15.1. The van der Waals surface area contributed by atoms with Gasteiger partial charge in [0.1, 0.15) is 5.82 Å². The molecule has 0 atom stereocenters. The monoisotopic (exact) mass is 249 g/mol. The molecule has 0 unspecified atom stereocenters. The minimum atomic E-state index is -0.182. The molecule has 0 saturated carbocycles. The lowest BCUT2D eigenvalue weighted by Crippen LogP contribution is -2.16. The number of benzene rings is 1. The molecule has 1 aromatic heterocycles. The van der Waals surface area contributed by atoms with Gasteiger partial charge in [-0.1, -0.05) is 12.1 Å². The van der Waals surface area contributed by atoms with Crippen LogP contribution in [0.25, 0.3) is 0 Å². The van der Waals surface area contributed by atoms with Crippen LogP contribution in [0.5, 0.6) is 0 Å². The highest BCUT2D eigenvalue weighted by Gasteiger charge is 2.22. The molecule has 2 N–H and O–H groups in total. The van der Waals surface area contributed by atoms with E-state index in [4.69, 9.17) is 5.73 Å². The minimum Gasteiger partial charge on any atom is -0.375 e. The van der Waals surface area contributed by atoms with Gasteiger partial charge in [0.2, 0.25) is 0 Å². The molecule has 0 spiro atoms. The third-order valence-corrected chi connectivity index (χ3v) is 3.74. The summed E-state index contributed by atoms with van der Waals surface area (Å²) in [5.74, 6) is -0.182. The fraction of sp³-hybridized carbons (Fsp3) is 0.250. The molecule has 0 amide bonds. The van der Waals surface area contributed by atoms with Crippen molar-refractivity contribution in [1.82, 2.24) is 9.88 Å². The summed E-state index contributed by atoms with van der Waals surface area (Å²) in [6.45, 7) is 2.42. The van der Waals surface area contributed by atoms with Gasteiger partial charge >= 0.3 is 0 Å². The van der Waals surface area contributed by atoms with E-state index in [1.165, 1.54) is 10.9 Å². The number of fused-ring (bicyclic) bond motifs is 1. The van der Waals surface area contributed by atoms with Crippen molar-refractivity contribution in [3.63, 3.8) is 0 Å². The first kappa shape index (κ1) is 10.7. The molecule has 0 aliphatic carbocycles. The number of nitrogen functional groups attached to an aromatic ring is 1. The predicted octanol–water partition coefficient (Wildman–Crippen LogP) is 2.38. The Hall–Kier alpha value is -1.46. The molecule has 2 aromatic rings. The zero-order valence-electron chi connectivity index (χ0n) is 9.19. The topological polar surface area (TPSA) is 42.1 Å². The summed E-state index contributed by atoms with van der Waals surface area (Å²) in [4.78, 5) is 7.75. The maximum absolute atomic E-state index is 13.1. The lowest BCUT2D eigenvalue weighted by molar-refractivity contribution is 0.274. The number of aromatic nitrogens is 1. The fourth-order valence-corrected chi connectivity index (χ4v) is 3.01. The fourth-order valence-electron chi connectivity index (χ4n) is 2.13. The summed E-state index contributed by atoms with van der Waals surface area (Å²) in [6, 6.07) is 6.73. The van der Waals surface area contributed by atoms with E-state index in [0.717, 1.165) is 30.9 Å². The summed E-state index contributed by atoms with van der Waals surface area (Å²) in [7, 11) is 0. The Morgan fingerprint density at radius 2 is 2.29 bits per heavy atom. The van der Waals surface area contributed by atoms with Gasteiger partial charge in [-0.2, -0.15) is 0 Å². The average Bonchev–Trinajstić information content (AvgIpc) is 2.74. The van der Waals surface area contributed by atoms with Crippen LogP contribution in [0.2, 0.25) is 0 Å². The maximum Gasteiger partial charge on any atom is 0.180 e. The first-order chi connectivity index (χ1) is 8.20. The summed E-state index contributed by atoms with van der Waals surface area (Å²) >= 11 is 1.55. The Bertz CT molecular complexity index is 529. The molecule has 0 bridgehead atoms. The zero-order valence-corrected chi connectivity index (χ0v) is 10.0. The van der Waals surface area contributed by atoms with Crippen molar-refractivity contribution in [1.29, 1.82) is 0 Å². The van der Waals surface area contributed by atoms with Gasteiger partial charge in [0, 0.05) is 24.5 Å². The first-order valence-corrected chi connectivity index (χ1v) is 6.23. The maximum atomic E-state index is 13.1. The Balaban J connectivity index is 1.71. The molecule has 17 heavy (non-hydrogen) atoms. The Kier molecular flexibility index (Phi) is 2.57. The molecule has 2 heterocycles. The largest absolute Gasteiger partial charge is 0.375 e. The summed E-state index contributed by atoms with van der Waals surface area (Å²) in [5.41, 5.74) is 7.71. The van der Waals surface area contributed by atoms with Crippen LogP contribution in [0.4, 0.5) is 9.52 Å². The van der Waals surface area contributed by atoms with E-state index in [0.29, 0.717) is 5.13 Å². The average molecular weight is 249 g/mol. The van der Waals surface area contributed by atoms with Crippen LogP contribution in [0.3, 0.4) is 0 Å². The highest BCUT2D eigenvalue weighted by molar-refractivity contribution is 7.15. The highest BCUT2D eigenvalue weighted by Crippen LogP contribution is 2.30. The number of hydrogen-bond acceptors (Lipinski definition) is 4. The number of halogens is 1. The molecule has 1 aliphatic rings. The van der Waals surface area contributed by atoms with Gasteiger partial charge in [-0.05, 0) is 17.7 Å². The number of anilines is 1. The third-order valence-electron chi connectivity index (χ3n) is 2.83. The van der Waals surface area contributed by atoms with Gasteiger partial charge in [-0.3, -0.25) is 4.90 Å². The van der Waals surface area contributed by atoms with E-state index in [9.17, 15) is 4.39 Å². The Morgan fingerprint density at radius 1 is 1.41 bits per heavy atom. The SMILES string of the molecule is Nc1nc2c(s1)CN(Cc1cccc(F)c1)C2. The van der Waals surface area contributed by atoms with Gasteiger partial charge in [0.25, 0.3) is 0 Å². The molecule has 0 radical (unpaired) electrons. The molecule has 88 valence electrons. The van der Waals surface area contributed by atoms with Crippen molar-refractivity contribution in [2.75, 3.05) is 5.73 Å². The van der Waals surface area contributed by atoms with E-state index in [1.807, 2.05) is 6.07 Å². The molecule has 5 heteroatoms. The number of nitrogens with two attached hydrogens (primary N) is 1. The van der Waals surface area contributed by atoms with E-state index in [1.54, 1.807) is 23.5 Å². The van der Waals surface area contributed by atoms with Crippen molar-refractivity contribution in [3.05, 3.63) is 46.2 Å². The number of rotatable bonds is 2. The molecular formula is C12H12FN3S. The lowest BCUT2D eigenvalue weighted by Gasteiger charge is -2.14. The molecule has 0 fully saturated rings. The van der Waals surface area contributed by atoms with Crippen molar-refractivity contribution >= 4 is 16.5 Å². The van der Waals surface area contributed by atoms with Crippen molar-refractivity contribution in [2.45, 2.75) is 19.6 Å². The first-order valence-electron chi connectivity index (χ1n) is 5.41. The smallest absolute Gasteiger partial charge is 0.180 e. The van der Waals surface area contributed by atoms with Crippen LogP contribution in [0.15, 0.2) is 24.3 Å². The summed E-state index contributed by atoms with van der Waals surface area (Å²) < 4.78 is 13.1. The van der Waals surface area contributed by atoms with Gasteiger partial charge in [-0.25, -0.2) is 9.37 Å². The van der Waals surface area contributed by atoms with Crippen LogP contribution in [-0.4, -0.2) is 9.88 Å². The van der Waals surface area contributed by atoms with E-state index < -0.39 is 0 Å². The molecule has 3 rings (SSSR count). The van der Waals surface area contributed by atoms with Gasteiger partial charge in [0.05, 0.1) is 5.69 Å². The van der Waals surface area contributed by atoms with Crippen LogP contribution in [-0.2, 0) is 19.6 Å². The third kappa shape index (κ3) is 2.16. The molecule has 3 nitrogen and oxygen atoms in total.